The van der Waals surface area contributed by atoms with E-state index in [9.17, 15) is 0 Å². The highest BCUT2D eigenvalue weighted by Gasteiger charge is 2.31. The van der Waals surface area contributed by atoms with Gasteiger partial charge in [0.05, 0.1) is 19.3 Å². The van der Waals surface area contributed by atoms with Gasteiger partial charge in [-0.1, -0.05) is 0 Å². The molecule has 0 radical (unpaired) electrons. The second-order valence-electron chi connectivity index (χ2n) is 6.09. The number of ether oxygens (including phenoxy) is 1. The summed E-state index contributed by atoms with van der Waals surface area (Å²) < 4.78 is 5.97. The zero-order valence-electron chi connectivity index (χ0n) is 14.1. The van der Waals surface area contributed by atoms with Crippen LogP contribution in [0.15, 0.2) is 4.99 Å². The van der Waals surface area contributed by atoms with E-state index in [0.29, 0.717) is 6.04 Å². The first-order valence-electron chi connectivity index (χ1n) is 8.70. The molecule has 0 aliphatic carbocycles. The first-order valence-corrected chi connectivity index (χ1v) is 10.1. The fourth-order valence-corrected chi connectivity index (χ4v) is 3.60. The van der Waals surface area contributed by atoms with Crippen LogP contribution < -0.4 is 10.6 Å². The van der Waals surface area contributed by atoms with Gasteiger partial charge in [0.25, 0.3) is 0 Å². The lowest BCUT2D eigenvalue weighted by Gasteiger charge is -2.34. The number of guanidine groups is 1. The molecule has 2 saturated heterocycles. The van der Waals surface area contributed by atoms with Crippen molar-refractivity contribution in [1.29, 1.82) is 0 Å². The van der Waals surface area contributed by atoms with Crippen molar-refractivity contribution in [2.24, 2.45) is 4.99 Å². The molecule has 2 heterocycles. The lowest BCUT2D eigenvalue weighted by Crippen LogP contribution is -2.47. The highest BCUT2D eigenvalue weighted by Crippen LogP contribution is 2.22. The normalized spacial score (nSPS) is 26.0. The Morgan fingerprint density at radius 1 is 1.36 bits per heavy atom. The molecule has 0 amide bonds. The van der Waals surface area contributed by atoms with Crippen LogP contribution in [-0.4, -0.2) is 74.3 Å². The summed E-state index contributed by atoms with van der Waals surface area (Å²) in [6, 6.07) is 0.669. The first kappa shape index (κ1) is 17.9. The first-order chi connectivity index (χ1) is 10.8. The third-order valence-corrected chi connectivity index (χ3v) is 5.02. The number of unbranched alkanes of at least 4 members (excludes halogenated alkanes) is 1. The average molecular weight is 329 g/mol. The van der Waals surface area contributed by atoms with Gasteiger partial charge in [-0.15, -0.1) is 0 Å². The Balaban J connectivity index is 1.69. The fourth-order valence-electron chi connectivity index (χ4n) is 3.11. The van der Waals surface area contributed by atoms with Gasteiger partial charge in [-0.3, -0.25) is 9.89 Å². The summed E-state index contributed by atoms with van der Waals surface area (Å²) in [6.07, 6.45) is 7.49. The SMILES string of the molecule is CCNC(=NCC1CN2CCCC2CO1)NCCCCSC. The molecule has 2 rings (SSSR count). The minimum atomic E-state index is 0.251. The summed E-state index contributed by atoms with van der Waals surface area (Å²) in [5, 5.41) is 6.75. The van der Waals surface area contributed by atoms with E-state index in [4.69, 9.17) is 9.73 Å². The van der Waals surface area contributed by atoms with Gasteiger partial charge in [-0.05, 0) is 51.2 Å². The Bertz CT molecular complexity index is 340. The van der Waals surface area contributed by atoms with Crippen LogP contribution >= 0.6 is 11.8 Å². The van der Waals surface area contributed by atoms with Gasteiger partial charge in [0.15, 0.2) is 5.96 Å². The van der Waals surface area contributed by atoms with Gasteiger partial charge in [-0.25, -0.2) is 0 Å². The Labute approximate surface area is 139 Å². The highest BCUT2D eigenvalue weighted by atomic mass is 32.2. The number of hydrogen-bond donors (Lipinski definition) is 2. The summed E-state index contributed by atoms with van der Waals surface area (Å²) in [5.41, 5.74) is 0. The molecule has 0 bridgehead atoms. The fraction of sp³-hybridized carbons (Fsp3) is 0.938. The van der Waals surface area contributed by atoms with E-state index in [1.165, 1.54) is 38.0 Å². The van der Waals surface area contributed by atoms with E-state index in [-0.39, 0.29) is 6.10 Å². The molecule has 0 aromatic rings. The molecule has 128 valence electrons. The molecule has 2 N–H and O–H groups in total. The smallest absolute Gasteiger partial charge is 0.191 e. The van der Waals surface area contributed by atoms with Crippen molar-refractivity contribution in [1.82, 2.24) is 15.5 Å². The quantitative estimate of drug-likeness (QED) is 0.402. The zero-order chi connectivity index (χ0) is 15.6. The van der Waals surface area contributed by atoms with Crippen LogP contribution in [0.2, 0.25) is 0 Å². The molecule has 2 atom stereocenters. The number of rotatable bonds is 8. The van der Waals surface area contributed by atoms with E-state index in [1.807, 2.05) is 11.8 Å². The Morgan fingerprint density at radius 2 is 2.27 bits per heavy atom. The van der Waals surface area contributed by atoms with Crippen molar-refractivity contribution in [2.75, 3.05) is 51.3 Å². The van der Waals surface area contributed by atoms with Crippen LogP contribution in [-0.2, 0) is 4.74 Å². The van der Waals surface area contributed by atoms with Gasteiger partial charge in [0.2, 0.25) is 0 Å². The summed E-state index contributed by atoms with van der Waals surface area (Å²) in [7, 11) is 0. The van der Waals surface area contributed by atoms with Crippen LogP contribution in [0.25, 0.3) is 0 Å². The molecule has 0 spiro atoms. The molecule has 5 nitrogen and oxygen atoms in total. The van der Waals surface area contributed by atoms with Crippen LogP contribution in [0.3, 0.4) is 0 Å². The maximum absolute atomic E-state index is 5.97. The van der Waals surface area contributed by atoms with Crippen LogP contribution in [0.1, 0.15) is 32.6 Å². The molecule has 22 heavy (non-hydrogen) atoms. The minimum absolute atomic E-state index is 0.251. The largest absolute Gasteiger partial charge is 0.373 e. The third kappa shape index (κ3) is 5.97. The molecule has 6 heteroatoms. The van der Waals surface area contributed by atoms with Crippen LogP contribution in [0, 0.1) is 0 Å². The molecule has 2 unspecified atom stereocenters. The number of fused-ring (bicyclic) bond motifs is 1. The van der Waals surface area contributed by atoms with Gasteiger partial charge in [0, 0.05) is 25.7 Å². The van der Waals surface area contributed by atoms with E-state index in [2.05, 4.69) is 28.7 Å². The minimum Gasteiger partial charge on any atom is -0.373 e. The summed E-state index contributed by atoms with van der Waals surface area (Å²) >= 11 is 1.91. The number of hydrogen-bond acceptors (Lipinski definition) is 4. The van der Waals surface area contributed by atoms with Crippen LogP contribution in [0.4, 0.5) is 0 Å². The molecule has 0 aromatic carbocycles. The molecule has 2 aliphatic heterocycles. The number of thioether (sulfide) groups is 1. The standard InChI is InChI=1S/C16H32N4OS/c1-3-17-16(18-8-4-5-10-22-2)19-11-15-12-20-9-6-7-14(20)13-21-15/h14-15H,3-13H2,1-2H3,(H2,17,18,19). The lowest BCUT2D eigenvalue weighted by molar-refractivity contribution is -0.0432. The lowest BCUT2D eigenvalue weighted by atomic mass is 10.2. The second kappa shape index (κ2) is 10.3. The van der Waals surface area contributed by atoms with Gasteiger partial charge >= 0.3 is 0 Å². The molecular formula is C16H32N4OS. The predicted octanol–water partition coefficient (Wildman–Crippen LogP) is 1.55. The van der Waals surface area contributed by atoms with Gasteiger partial charge in [-0.2, -0.15) is 11.8 Å². The maximum Gasteiger partial charge on any atom is 0.191 e. The summed E-state index contributed by atoms with van der Waals surface area (Å²) in [6.45, 7) is 7.92. The van der Waals surface area contributed by atoms with Crippen molar-refractivity contribution < 1.29 is 4.74 Å². The molecule has 2 fully saturated rings. The average Bonchev–Trinajstić information content (AvgIpc) is 3.00. The third-order valence-electron chi connectivity index (χ3n) is 4.33. The van der Waals surface area contributed by atoms with E-state index in [0.717, 1.165) is 38.7 Å². The monoisotopic (exact) mass is 328 g/mol. The van der Waals surface area contributed by atoms with E-state index < -0.39 is 0 Å². The zero-order valence-corrected chi connectivity index (χ0v) is 15.0. The predicted molar refractivity (Wildman–Crippen MR) is 95.9 cm³/mol. The highest BCUT2D eigenvalue weighted by molar-refractivity contribution is 7.98. The molecule has 0 saturated carbocycles. The summed E-state index contributed by atoms with van der Waals surface area (Å²) in [5.74, 6) is 2.17. The van der Waals surface area contributed by atoms with Crippen molar-refractivity contribution >= 4 is 17.7 Å². The Morgan fingerprint density at radius 3 is 3.09 bits per heavy atom. The number of morpholine rings is 1. The topological polar surface area (TPSA) is 48.9 Å². The van der Waals surface area contributed by atoms with E-state index in [1.54, 1.807) is 0 Å². The Kier molecular flexibility index (Phi) is 8.41. The van der Waals surface area contributed by atoms with Crippen molar-refractivity contribution in [3.63, 3.8) is 0 Å². The second-order valence-corrected chi connectivity index (χ2v) is 7.08. The van der Waals surface area contributed by atoms with Crippen molar-refractivity contribution in [2.45, 2.75) is 44.8 Å². The number of aliphatic imine (C=N–C) groups is 1. The summed E-state index contributed by atoms with van der Waals surface area (Å²) in [4.78, 5) is 7.28. The Hall–Kier alpha value is -0.460. The van der Waals surface area contributed by atoms with Crippen molar-refractivity contribution in [3.8, 4) is 0 Å². The van der Waals surface area contributed by atoms with Crippen LogP contribution in [0.5, 0.6) is 0 Å². The van der Waals surface area contributed by atoms with Gasteiger partial charge in [0.1, 0.15) is 0 Å². The number of nitrogens with zero attached hydrogens (tertiary/aromatic N) is 2. The molecular weight excluding hydrogens is 296 g/mol. The van der Waals surface area contributed by atoms with E-state index >= 15 is 0 Å². The molecule has 0 aromatic heterocycles. The van der Waals surface area contributed by atoms with Crippen molar-refractivity contribution in [3.05, 3.63) is 0 Å². The number of nitrogens with one attached hydrogen (secondary N) is 2. The molecule has 2 aliphatic rings. The maximum atomic E-state index is 5.97. The van der Waals surface area contributed by atoms with Gasteiger partial charge < -0.3 is 15.4 Å².